The second-order valence-corrected chi connectivity index (χ2v) is 4.40. The number of carbonyl (C=O) groups excluding carboxylic acids is 1. The van der Waals surface area contributed by atoms with Crippen LogP contribution in [0.2, 0.25) is 0 Å². The van der Waals surface area contributed by atoms with Crippen molar-refractivity contribution in [2.24, 2.45) is 0 Å². The molecule has 7 heteroatoms. The van der Waals surface area contributed by atoms with E-state index >= 15 is 0 Å². The third-order valence-corrected chi connectivity index (χ3v) is 2.78. The molecule has 0 spiro atoms. The van der Waals surface area contributed by atoms with Crippen LogP contribution in [0.1, 0.15) is 10.4 Å². The fraction of sp³-hybridized carbons (Fsp3) is 0. The van der Waals surface area contributed by atoms with E-state index in [1.54, 1.807) is 30.6 Å². The van der Waals surface area contributed by atoms with Crippen molar-refractivity contribution in [3.05, 3.63) is 66.1 Å². The molecule has 0 aliphatic rings. The number of carboxylic acid groups (broad SMARTS) is 1. The maximum Gasteiger partial charge on any atom is 0.335 e. The van der Waals surface area contributed by atoms with Crippen LogP contribution in [0.4, 0.5) is 11.4 Å². The molecule has 0 aliphatic carbocycles. The molecule has 0 bridgehead atoms. The van der Waals surface area contributed by atoms with Gasteiger partial charge in [0.15, 0.2) is 0 Å². The Morgan fingerprint density at radius 2 is 2.00 bits per heavy atom. The zero-order valence-corrected chi connectivity index (χ0v) is 11.9. The van der Waals surface area contributed by atoms with Gasteiger partial charge in [-0.25, -0.2) is 4.79 Å². The number of nitrogens with zero attached hydrogens (tertiary/aromatic N) is 2. The quantitative estimate of drug-likeness (QED) is 0.576. The van der Waals surface area contributed by atoms with E-state index in [1.165, 1.54) is 30.5 Å². The molecule has 1 amide bonds. The number of nitrogens with one attached hydrogen (secondary N) is 2. The zero-order chi connectivity index (χ0) is 16.7. The van der Waals surface area contributed by atoms with E-state index in [1.807, 2.05) is 0 Å². The summed E-state index contributed by atoms with van der Waals surface area (Å²) in [6.45, 7) is 0. The third-order valence-electron chi connectivity index (χ3n) is 2.78. The van der Waals surface area contributed by atoms with Crippen LogP contribution in [0.3, 0.4) is 0 Å². The van der Waals surface area contributed by atoms with Crippen molar-refractivity contribution in [3.8, 4) is 6.07 Å². The summed E-state index contributed by atoms with van der Waals surface area (Å²) in [6, 6.07) is 11.0. The molecule has 1 heterocycles. The van der Waals surface area contributed by atoms with Crippen molar-refractivity contribution in [1.29, 1.82) is 5.26 Å². The summed E-state index contributed by atoms with van der Waals surface area (Å²) in [5.41, 5.74) is 0.798. The number of aromatic carboxylic acids is 1. The van der Waals surface area contributed by atoms with Gasteiger partial charge in [0.1, 0.15) is 11.6 Å². The van der Waals surface area contributed by atoms with Crippen molar-refractivity contribution >= 4 is 23.3 Å². The van der Waals surface area contributed by atoms with Gasteiger partial charge in [-0.15, -0.1) is 0 Å². The zero-order valence-electron chi connectivity index (χ0n) is 11.9. The molecule has 7 nitrogen and oxygen atoms in total. The van der Waals surface area contributed by atoms with E-state index in [4.69, 9.17) is 10.4 Å². The van der Waals surface area contributed by atoms with Gasteiger partial charge in [-0.2, -0.15) is 5.26 Å². The Hall–Kier alpha value is -3.66. The molecule has 0 fully saturated rings. The topological polar surface area (TPSA) is 115 Å². The van der Waals surface area contributed by atoms with Crippen molar-refractivity contribution in [2.45, 2.75) is 0 Å². The number of carboxylic acids is 1. The number of carbonyl (C=O) groups is 2. The second kappa shape index (κ2) is 7.38. The SMILES string of the molecule is N#C/C(=C/Nc1cccnc1)C(=O)Nc1cccc(C(=O)O)c1. The molecule has 0 unspecified atom stereocenters. The van der Waals surface area contributed by atoms with Crippen molar-refractivity contribution < 1.29 is 14.7 Å². The highest BCUT2D eigenvalue weighted by Crippen LogP contribution is 2.12. The molecule has 2 aromatic rings. The molecule has 0 aliphatic heterocycles. The van der Waals surface area contributed by atoms with Crippen LogP contribution in [0.15, 0.2) is 60.6 Å². The van der Waals surface area contributed by atoms with E-state index in [-0.39, 0.29) is 16.8 Å². The van der Waals surface area contributed by atoms with Gasteiger partial charge in [0.25, 0.3) is 5.91 Å². The largest absolute Gasteiger partial charge is 0.478 e. The summed E-state index contributed by atoms with van der Waals surface area (Å²) in [5, 5.41) is 23.2. The van der Waals surface area contributed by atoms with Crippen molar-refractivity contribution in [2.75, 3.05) is 10.6 Å². The van der Waals surface area contributed by atoms with Gasteiger partial charge in [-0.3, -0.25) is 9.78 Å². The number of benzene rings is 1. The number of hydrogen-bond acceptors (Lipinski definition) is 5. The maximum atomic E-state index is 12.0. The lowest BCUT2D eigenvalue weighted by Gasteiger charge is -2.06. The maximum absolute atomic E-state index is 12.0. The predicted molar refractivity (Wildman–Crippen MR) is 83.6 cm³/mol. The first-order valence-corrected chi connectivity index (χ1v) is 6.51. The van der Waals surface area contributed by atoms with Crippen LogP contribution in [0.25, 0.3) is 0 Å². The van der Waals surface area contributed by atoms with Gasteiger partial charge in [0.05, 0.1) is 17.4 Å². The Morgan fingerprint density at radius 1 is 1.22 bits per heavy atom. The Balaban J connectivity index is 2.10. The second-order valence-electron chi connectivity index (χ2n) is 4.40. The Morgan fingerprint density at radius 3 is 2.65 bits per heavy atom. The molecular weight excluding hydrogens is 296 g/mol. The fourth-order valence-corrected chi connectivity index (χ4v) is 1.68. The van der Waals surface area contributed by atoms with E-state index in [9.17, 15) is 9.59 Å². The highest BCUT2D eigenvalue weighted by molar-refractivity contribution is 6.07. The summed E-state index contributed by atoms with van der Waals surface area (Å²) in [7, 11) is 0. The van der Waals surface area contributed by atoms with Crippen LogP contribution in [0, 0.1) is 11.3 Å². The van der Waals surface area contributed by atoms with Crippen LogP contribution >= 0.6 is 0 Å². The Kier molecular flexibility index (Phi) is 5.04. The van der Waals surface area contributed by atoms with E-state index in [0.717, 1.165) is 0 Å². The average molecular weight is 308 g/mol. The minimum absolute atomic E-state index is 0.0405. The third kappa shape index (κ3) is 4.41. The standard InChI is InChI=1S/C16H12N4O3/c17-8-12(9-19-14-5-2-6-18-10-14)15(21)20-13-4-1-3-11(7-13)16(22)23/h1-7,9-10,19H,(H,20,21)(H,22,23)/b12-9-. The number of nitriles is 1. The van der Waals surface area contributed by atoms with Gasteiger partial charge >= 0.3 is 5.97 Å². The first-order chi connectivity index (χ1) is 11.1. The molecule has 0 saturated heterocycles. The first-order valence-electron chi connectivity index (χ1n) is 6.51. The molecule has 0 saturated carbocycles. The molecule has 23 heavy (non-hydrogen) atoms. The van der Waals surface area contributed by atoms with Crippen molar-refractivity contribution in [3.63, 3.8) is 0 Å². The molecule has 1 aromatic carbocycles. The highest BCUT2D eigenvalue weighted by atomic mass is 16.4. The number of pyridine rings is 1. The number of aromatic nitrogens is 1. The lowest BCUT2D eigenvalue weighted by molar-refractivity contribution is -0.112. The van der Waals surface area contributed by atoms with Gasteiger partial charge in [-0.1, -0.05) is 6.07 Å². The van der Waals surface area contributed by atoms with Gasteiger partial charge in [0, 0.05) is 18.1 Å². The summed E-state index contributed by atoms with van der Waals surface area (Å²) >= 11 is 0. The summed E-state index contributed by atoms with van der Waals surface area (Å²) in [6.07, 6.45) is 4.40. The summed E-state index contributed by atoms with van der Waals surface area (Å²) in [5.74, 6) is -1.75. The number of anilines is 2. The van der Waals surface area contributed by atoms with Gasteiger partial charge in [-0.05, 0) is 30.3 Å². The van der Waals surface area contributed by atoms with Gasteiger partial charge in [0.2, 0.25) is 0 Å². The van der Waals surface area contributed by atoms with Crippen LogP contribution < -0.4 is 10.6 Å². The minimum Gasteiger partial charge on any atom is -0.478 e. The lowest BCUT2D eigenvalue weighted by atomic mass is 10.2. The molecule has 2 rings (SSSR count). The van der Waals surface area contributed by atoms with E-state index in [2.05, 4.69) is 15.6 Å². The Labute approximate surface area is 131 Å². The van der Waals surface area contributed by atoms with Gasteiger partial charge < -0.3 is 15.7 Å². The van der Waals surface area contributed by atoms with E-state index < -0.39 is 11.9 Å². The fourth-order valence-electron chi connectivity index (χ4n) is 1.68. The summed E-state index contributed by atoms with van der Waals surface area (Å²) in [4.78, 5) is 26.8. The highest BCUT2D eigenvalue weighted by Gasteiger charge is 2.10. The van der Waals surface area contributed by atoms with Crippen molar-refractivity contribution in [1.82, 2.24) is 4.98 Å². The molecule has 114 valence electrons. The molecular formula is C16H12N4O3. The Bertz CT molecular complexity index is 794. The molecule has 3 N–H and O–H groups in total. The first kappa shape index (κ1) is 15.7. The number of hydrogen-bond donors (Lipinski definition) is 3. The number of amides is 1. The lowest BCUT2D eigenvalue weighted by Crippen LogP contribution is -2.15. The minimum atomic E-state index is -1.10. The molecule has 0 radical (unpaired) electrons. The monoisotopic (exact) mass is 308 g/mol. The average Bonchev–Trinajstić information content (AvgIpc) is 2.56. The predicted octanol–water partition coefficient (Wildman–Crippen LogP) is 2.24. The summed E-state index contributed by atoms with van der Waals surface area (Å²) < 4.78 is 0. The molecule has 1 aromatic heterocycles. The van der Waals surface area contributed by atoms with E-state index in [0.29, 0.717) is 5.69 Å². The molecule has 0 atom stereocenters. The van der Waals surface area contributed by atoms with Crippen LogP contribution in [0.5, 0.6) is 0 Å². The number of rotatable bonds is 5. The smallest absolute Gasteiger partial charge is 0.335 e. The normalized spacial score (nSPS) is 10.5. The van der Waals surface area contributed by atoms with Crippen LogP contribution in [-0.4, -0.2) is 22.0 Å². The van der Waals surface area contributed by atoms with Crippen LogP contribution in [-0.2, 0) is 4.79 Å².